The molecule has 1 fully saturated rings. The highest BCUT2D eigenvalue weighted by Gasteiger charge is 2.29. The lowest BCUT2D eigenvalue weighted by Gasteiger charge is -2.39. The van der Waals surface area contributed by atoms with Gasteiger partial charge in [0.05, 0.1) is 5.60 Å². The van der Waals surface area contributed by atoms with Gasteiger partial charge < -0.3 is 5.11 Å². The highest BCUT2D eigenvalue weighted by molar-refractivity contribution is 5.76. The quantitative estimate of drug-likeness (QED) is 0.780. The van der Waals surface area contributed by atoms with Crippen LogP contribution in [0.2, 0.25) is 0 Å². The topological polar surface area (TPSA) is 40.5 Å². The first kappa shape index (κ1) is 13.7. The summed E-state index contributed by atoms with van der Waals surface area (Å²) in [6.07, 6.45) is 4.90. The minimum atomic E-state index is -0.619. The van der Waals surface area contributed by atoms with Crippen LogP contribution in [-0.4, -0.2) is 40.5 Å². The van der Waals surface area contributed by atoms with Crippen molar-refractivity contribution in [3.63, 3.8) is 0 Å². The number of β-amino-alcohol motifs (C(OH)–C–C–N with tert-alkyl or cyclic N) is 1. The lowest BCUT2D eigenvalue weighted by atomic mass is 9.94. The van der Waals surface area contributed by atoms with Gasteiger partial charge in [0.2, 0.25) is 0 Å². The van der Waals surface area contributed by atoms with Crippen LogP contribution in [0.5, 0.6) is 0 Å². The SMILES string of the molecule is CCC(C)(O)CN1CCCCC1CC(C)=O. The van der Waals surface area contributed by atoms with E-state index >= 15 is 0 Å². The van der Waals surface area contributed by atoms with E-state index in [2.05, 4.69) is 4.90 Å². The number of hydrogen-bond donors (Lipinski definition) is 1. The maximum absolute atomic E-state index is 11.2. The van der Waals surface area contributed by atoms with Gasteiger partial charge in [-0.15, -0.1) is 0 Å². The van der Waals surface area contributed by atoms with Gasteiger partial charge in [-0.2, -0.15) is 0 Å². The lowest BCUT2D eigenvalue weighted by molar-refractivity contribution is -0.119. The first-order valence-corrected chi connectivity index (χ1v) is 6.40. The Labute approximate surface area is 98.8 Å². The van der Waals surface area contributed by atoms with Crippen molar-refractivity contribution < 1.29 is 9.90 Å². The fourth-order valence-electron chi connectivity index (χ4n) is 2.38. The first-order valence-electron chi connectivity index (χ1n) is 6.40. The third-order valence-corrected chi connectivity index (χ3v) is 3.58. The highest BCUT2D eigenvalue weighted by Crippen LogP contribution is 2.23. The Kier molecular flexibility index (Phi) is 4.93. The monoisotopic (exact) mass is 227 g/mol. The maximum Gasteiger partial charge on any atom is 0.131 e. The van der Waals surface area contributed by atoms with Crippen LogP contribution in [0.25, 0.3) is 0 Å². The van der Waals surface area contributed by atoms with Crippen molar-refractivity contribution in [2.24, 2.45) is 0 Å². The molecule has 0 spiro atoms. The zero-order chi connectivity index (χ0) is 12.2. The Morgan fingerprint density at radius 2 is 2.19 bits per heavy atom. The molecule has 0 radical (unpaired) electrons. The summed E-state index contributed by atoms with van der Waals surface area (Å²) in [5.41, 5.74) is -0.619. The van der Waals surface area contributed by atoms with E-state index in [0.717, 1.165) is 19.4 Å². The minimum Gasteiger partial charge on any atom is -0.389 e. The van der Waals surface area contributed by atoms with Crippen LogP contribution in [0.15, 0.2) is 0 Å². The summed E-state index contributed by atoms with van der Waals surface area (Å²) in [6, 6.07) is 0.351. The van der Waals surface area contributed by atoms with Gasteiger partial charge in [-0.25, -0.2) is 0 Å². The molecule has 0 amide bonds. The van der Waals surface area contributed by atoms with Gasteiger partial charge in [0.1, 0.15) is 5.78 Å². The number of Topliss-reactive ketones (excluding diaryl/α,β-unsaturated/α-hetero) is 1. The molecule has 0 aromatic carbocycles. The lowest BCUT2D eigenvalue weighted by Crippen LogP contribution is -2.48. The summed E-state index contributed by atoms with van der Waals surface area (Å²) in [6.45, 7) is 7.26. The third-order valence-electron chi connectivity index (χ3n) is 3.58. The van der Waals surface area contributed by atoms with Crippen molar-refractivity contribution in [1.82, 2.24) is 4.90 Å². The summed E-state index contributed by atoms with van der Waals surface area (Å²) in [4.78, 5) is 13.5. The zero-order valence-corrected chi connectivity index (χ0v) is 10.8. The number of piperidine rings is 1. The normalized spacial score (nSPS) is 26.4. The van der Waals surface area contributed by atoms with Crippen LogP contribution >= 0.6 is 0 Å². The molecule has 3 heteroatoms. The number of aliphatic hydroxyl groups is 1. The Balaban J connectivity index is 2.56. The molecule has 2 atom stereocenters. The average molecular weight is 227 g/mol. The predicted molar refractivity (Wildman–Crippen MR) is 65.4 cm³/mol. The number of rotatable bonds is 5. The molecule has 1 N–H and O–H groups in total. The first-order chi connectivity index (χ1) is 7.44. The summed E-state index contributed by atoms with van der Waals surface area (Å²) >= 11 is 0. The molecular weight excluding hydrogens is 202 g/mol. The van der Waals surface area contributed by atoms with Crippen LogP contribution in [-0.2, 0) is 4.79 Å². The van der Waals surface area contributed by atoms with Crippen molar-refractivity contribution in [2.75, 3.05) is 13.1 Å². The predicted octanol–water partition coefficient (Wildman–Crippen LogP) is 1.98. The molecule has 0 bridgehead atoms. The molecule has 3 nitrogen and oxygen atoms in total. The van der Waals surface area contributed by atoms with E-state index in [1.54, 1.807) is 6.92 Å². The van der Waals surface area contributed by atoms with Crippen LogP contribution in [0, 0.1) is 0 Å². The highest BCUT2D eigenvalue weighted by atomic mass is 16.3. The van der Waals surface area contributed by atoms with Gasteiger partial charge in [-0.3, -0.25) is 9.69 Å². The Morgan fingerprint density at radius 1 is 1.50 bits per heavy atom. The standard InChI is InChI=1S/C13H25NO2/c1-4-13(3,16)10-14-8-6-5-7-12(14)9-11(2)15/h12,16H,4-10H2,1-3H3. The average Bonchev–Trinajstić information content (AvgIpc) is 2.20. The van der Waals surface area contributed by atoms with Gasteiger partial charge in [-0.1, -0.05) is 13.3 Å². The van der Waals surface area contributed by atoms with Crippen LogP contribution in [0.4, 0.5) is 0 Å². The number of hydrogen-bond acceptors (Lipinski definition) is 3. The summed E-state index contributed by atoms with van der Waals surface area (Å²) < 4.78 is 0. The molecule has 0 aromatic rings. The van der Waals surface area contributed by atoms with E-state index in [1.807, 2.05) is 13.8 Å². The van der Waals surface area contributed by atoms with Gasteiger partial charge in [-0.05, 0) is 39.7 Å². The van der Waals surface area contributed by atoms with E-state index in [9.17, 15) is 9.90 Å². The zero-order valence-electron chi connectivity index (χ0n) is 10.8. The fraction of sp³-hybridized carbons (Fsp3) is 0.923. The second kappa shape index (κ2) is 5.78. The molecule has 2 unspecified atom stereocenters. The van der Waals surface area contributed by atoms with E-state index in [-0.39, 0.29) is 5.78 Å². The van der Waals surface area contributed by atoms with Gasteiger partial charge in [0.15, 0.2) is 0 Å². The number of carbonyl (C=O) groups excluding carboxylic acids is 1. The van der Waals surface area contributed by atoms with E-state index in [1.165, 1.54) is 12.8 Å². The van der Waals surface area contributed by atoms with Crippen LogP contribution in [0.3, 0.4) is 0 Å². The second-order valence-corrected chi connectivity index (χ2v) is 5.38. The van der Waals surface area contributed by atoms with Crippen molar-refractivity contribution >= 4 is 5.78 Å². The maximum atomic E-state index is 11.2. The van der Waals surface area contributed by atoms with E-state index in [4.69, 9.17) is 0 Å². The van der Waals surface area contributed by atoms with Crippen molar-refractivity contribution in [3.8, 4) is 0 Å². The molecule has 94 valence electrons. The van der Waals surface area contributed by atoms with Crippen molar-refractivity contribution in [1.29, 1.82) is 0 Å². The third kappa shape index (κ3) is 4.22. The van der Waals surface area contributed by atoms with Crippen LogP contribution in [0.1, 0.15) is 52.9 Å². The molecule has 0 aliphatic carbocycles. The molecule has 1 rings (SSSR count). The molecule has 1 aliphatic rings. The number of ketones is 1. The van der Waals surface area contributed by atoms with E-state index < -0.39 is 5.60 Å². The van der Waals surface area contributed by atoms with E-state index in [0.29, 0.717) is 19.0 Å². The van der Waals surface area contributed by atoms with Crippen LogP contribution < -0.4 is 0 Å². The Hall–Kier alpha value is -0.410. The molecular formula is C13H25NO2. The number of carbonyl (C=O) groups is 1. The van der Waals surface area contributed by atoms with Gasteiger partial charge in [0.25, 0.3) is 0 Å². The molecule has 0 saturated carbocycles. The van der Waals surface area contributed by atoms with Gasteiger partial charge in [0, 0.05) is 19.0 Å². The minimum absolute atomic E-state index is 0.257. The molecule has 1 aliphatic heterocycles. The summed E-state index contributed by atoms with van der Waals surface area (Å²) in [5, 5.41) is 10.1. The summed E-state index contributed by atoms with van der Waals surface area (Å²) in [5.74, 6) is 0.257. The molecule has 0 aromatic heterocycles. The largest absolute Gasteiger partial charge is 0.389 e. The Morgan fingerprint density at radius 3 is 2.75 bits per heavy atom. The second-order valence-electron chi connectivity index (χ2n) is 5.38. The number of nitrogens with zero attached hydrogens (tertiary/aromatic N) is 1. The smallest absolute Gasteiger partial charge is 0.131 e. The van der Waals surface area contributed by atoms with Crippen molar-refractivity contribution in [2.45, 2.75) is 64.5 Å². The Bertz CT molecular complexity index is 238. The summed E-state index contributed by atoms with van der Waals surface area (Å²) in [7, 11) is 0. The van der Waals surface area contributed by atoms with Gasteiger partial charge >= 0.3 is 0 Å². The fourth-order valence-corrected chi connectivity index (χ4v) is 2.38. The molecule has 16 heavy (non-hydrogen) atoms. The molecule has 1 heterocycles. The number of likely N-dealkylation sites (tertiary alicyclic amines) is 1. The van der Waals surface area contributed by atoms with Crippen molar-refractivity contribution in [3.05, 3.63) is 0 Å². The molecule has 1 saturated heterocycles.